The van der Waals surface area contributed by atoms with Crippen LogP contribution in [0, 0.1) is 0 Å². The van der Waals surface area contributed by atoms with Crippen molar-refractivity contribution in [2.24, 2.45) is 0 Å². The number of aromatic nitrogens is 4. The molecule has 4 aromatic rings. The second kappa shape index (κ2) is 5.32. The molecule has 0 aliphatic carbocycles. The zero-order valence-electron chi connectivity index (χ0n) is 12.9. The first-order valence-electron chi connectivity index (χ1n) is 7.38. The Bertz CT molecular complexity index is 1200. The van der Waals surface area contributed by atoms with E-state index in [9.17, 15) is 9.59 Å². The molecule has 1 aromatic carbocycles. The standard InChI is InChI=1S/C16H13ClN4O2S/c1-7(2)21-14-11(15(22)20-21)10(8-4-3-5-9(17)6-8)12-13(18-14)19-16(23)24-12/h3-7H,1-2H3,(H,20,22)(H,18,19,23). The first-order valence-corrected chi connectivity index (χ1v) is 8.58. The fourth-order valence-electron chi connectivity index (χ4n) is 2.86. The van der Waals surface area contributed by atoms with Gasteiger partial charge in [0.05, 0.1) is 10.1 Å². The zero-order valence-corrected chi connectivity index (χ0v) is 14.5. The summed E-state index contributed by atoms with van der Waals surface area (Å²) in [4.78, 5) is 31.5. The molecule has 0 fully saturated rings. The van der Waals surface area contributed by atoms with Gasteiger partial charge in [0.25, 0.3) is 5.56 Å². The fourth-order valence-corrected chi connectivity index (χ4v) is 3.89. The lowest BCUT2D eigenvalue weighted by atomic mass is 10.0. The first-order chi connectivity index (χ1) is 11.5. The van der Waals surface area contributed by atoms with Gasteiger partial charge < -0.3 is 0 Å². The van der Waals surface area contributed by atoms with Crippen molar-refractivity contribution >= 4 is 44.3 Å². The normalized spacial score (nSPS) is 11.8. The zero-order chi connectivity index (χ0) is 17.0. The van der Waals surface area contributed by atoms with E-state index in [0.29, 0.717) is 32.0 Å². The SMILES string of the molecule is CC(C)n1[nH]c(=O)c2c(-c3cccc(Cl)c3)c3sc(=O)[nH]c3nc21. The van der Waals surface area contributed by atoms with Crippen LogP contribution in [0.1, 0.15) is 19.9 Å². The number of hydrogen-bond donors (Lipinski definition) is 2. The molecule has 4 rings (SSSR count). The van der Waals surface area contributed by atoms with Gasteiger partial charge in [0.15, 0.2) is 11.3 Å². The van der Waals surface area contributed by atoms with E-state index in [2.05, 4.69) is 15.1 Å². The summed E-state index contributed by atoms with van der Waals surface area (Å²) >= 11 is 7.17. The van der Waals surface area contributed by atoms with Gasteiger partial charge in [0.1, 0.15) is 0 Å². The number of H-pyrrole nitrogens is 2. The van der Waals surface area contributed by atoms with Crippen LogP contribution in [0.4, 0.5) is 0 Å². The summed E-state index contributed by atoms with van der Waals surface area (Å²) in [5, 5.41) is 3.86. The Labute approximate surface area is 144 Å². The van der Waals surface area contributed by atoms with Crippen LogP contribution in [0.25, 0.3) is 32.5 Å². The molecule has 0 atom stereocenters. The molecule has 0 unspecified atom stereocenters. The highest BCUT2D eigenvalue weighted by Crippen LogP contribution is 2.35. The number of hydrogen-bond acceptors (Lipinski definition) is 4. The molecule has 24 heavy (non-hydrogen) atoms. The number of aromatic amines is 2. The Morgan fingerprint density at radius 1 is 1.29 bits per heavy atom. The Kier molecular flexibility index (Phi) is 3.36. The molecule has 0 spiro atoms. The maximum Gasteiger partial charge on any atom is 0.306 e. The number of halogens is 1. The number of nitrogens with zero attached hydrogens (tertiary/aromatic N) is 2. The van der Waals surface area contributed by atoms with Crippen LogP contribution in [0.3, 0.4) is 0 Å². The largest absolute Gasteiger partial charge is 0.306 e. The highest BCUT2D eigenvalue weighted by Gasteiger charge is 2.21. The van der Waals surface area contributed by atoms with Crippen molar-refractivity contribution in [2.75, 3.05) is 0 Å². The van der Waals surface area contributed by atoms with Crippen molar-refractivity contribution < 1.29 is 0 Å². The second-order valence-corrected chi connectivity index (χ2v) is 7.21. The third-order valence-corrected chi connectivity index (χ3v) is 4.98. The highest BCUT2D eigenvalue weighted by atomic mass is 35.5. The third-order valence-electron chi connectivity index (χ3n) is 3.86. The van der Waals surface area contributed by atoms with E-state index < -0.39 is 0 Å². The minimum absolute atomic E-state index is 0.0257. The quantitative estimate of drug-likeness (QED) is 0.573. The molecule has 3 heterocycles. The van der Waals surface area contributed by atoms with Crippen LogP contribution in [-0.2, 0) is 0 Å². The van der Waals surface area contributed by atoms with E-state index >= 15 is 0 Å². The highest BCUT2D eigenvalue weighted by molar-refractivity contribution is 7.17. The van der Waals surface area contributed by atoms with Crippen LogP contribution in [-0.4, -0.2) is 19.7 Å². The predicted molar refractivity (Wildman–Crippen MR) is 97.2 cm³/mol. The number of fused-ring (bicyclic) bond motifs is 2. The van der Waals surface area contributed by atoms with Gasteiger partial charge in [0.2, 0.25) is 0 Å². The molecular weight excluding hydrogens is 348 g/mol. The molecule has 122 valence electrons. The minimum Gasteiger partial charge on any atom is -0.297 e. The lowest BCUT2D eigenvalue weighted by Crippen LogP contribution is -2.08. The van der Waals surface area contributed by atoms with Gasteiger partial charge in [-0.05, 0) is 31.5 Å². The number of benzene rings is 1. The number of thiazole rings is 1. The van der Waals surface area contributed by atoms with E-state index in [1.54, 1.807) is 16.8 Å². The molecular formula is C16H13ClN4O2S. The lowest BCUT2D eigenvalue weighted by Gasteiger charge is -2.09. The summed E-state index contributed by atoms with van der Waals surface area (Å²) in [5.74, 6) is 0. The molecule has 0 aliphatic heterocycles. The number of pyridine rings is 1. The van der Waals surface area contributed by atoms with Gasteiger partial charge in [-0.1, -0.05) is 35.1 Å². The lowest BCUT2D eigenvalue weighted by molar-refractivity contribution is 0.542. The maximum absolute atomic E-state index is 12.6. The van der Waals surface area contributed by atoms with Gasteiger partial charge in [-0.2, -0.15) is 0 Å². The van der Waals surface area contributed by atoms with Crippen LogP contribution >= 0.6 is 22.9 Å². The van der Waals surface area contributed by atoms with Gasteiger partial charge >= 0.3 is 4.87 Å². The average molecular weight is 361 g/mol. The van der Waals surface area contributed by atoms with Gasteiger partial charge in [-0.25, -0.2) is 4.98 Å². The summed E-state index contributed by atoms with van der Waals surface area (Å²) in [7, 11) is 0. The van der Waals surface area contributed by atoms with Crippen molar-refractivity contribution in [3.8, 4) is 11.1 Å². The van der Waals surface area contributed by atoms with Crippen molar-refractivity contribution in [1.82, 2.24) is 19.7 Å². The molecule has 0 aliphatic rings. The van der Waals surface area contributed by atoms with E-state index in [1.165, 1.54) is 0 Å². The number of nitrogens with one attached hydrogen (secondary N) is 2. The summed E-state index contributed by atoms with van der Waals surface area (Å²) in [6, 6.07) is 7.27. The van der Waals surface area contributed by atoms with Crippen LogP contribution < -0.4 is 10.4 Å². The average Bonchev–Trinajstić information content (AvgIpc) is 3.04. The van der Waals surface area contributed by atoms with E-state index in [0.717, 1.165) is 16.9 Å². The molecule has 0 radical (unpaired) electrons. The Morgan fingerprint density at radius 3 is 2.79 bits per heavy atom. The summed E-state index contributed by atoms with van der Waals surface area (Å²) in [5.41, 5.74) is 2.22. The van der Waals surface area contributed by atoms with Crippen molar-refractivity contribution in [3.05, 3.63) is 49.3 Å². The molecule has 0 saturated heterocycles. The smallest absolute Gasteiger partial charge is 0.297 e. The monoisotopic (exact) mass is 360 g/mol. The van der Waals surface area contributed by atoms with Crippen LogP contribution in [0.15, 0.2) is 33.9 Å². The van der Waals surface area contributed by atoms with Crippen molar-refractivity contribution in [2.45, 2.75) is 19.9 Å². The Hall–Kier alpha value is -2.38. The first kappa shape index (κ1) is 15.2. The molecule has 0 bridgehead atoms. The predicted octanol–water partition coefficient (Wildman–Crippen LogP) is 3.53. The van der Waals surface area contributed by atoms with Crippen LogP contribution in [0.2, 0.25) is 5.02 Å². The Morgan fingerprint density at radius 2 is 2.08 bits per heavy atom. The van der Waals surface area contributed by atoms with E-state index in [1.807, 2.05) is 26.0 Å². The maximum atomic E-state index is 12.6. The molecule has 3 aromatic heterocycles. The summed E-state index contributed by atoms with van der Waals surface area (Å²) < 4.78 is 2.36. The van der Waals surface area contributed by atoms with Crippen LogP contribution in [0.5, 0.6) is 0 Å². The number of rotatable bonds is 2. The van der Waals surface area contributed by atoms with Gasteiger partial charge in [-0.3, -0.25) is 24.4 Å². The van der Waals surface area contributed by atoms with Gasteiger partial charge in [-0.15, -0.1) is 0 Å². The van der Waals surface area contributed by atoms with E-state index in [4.69, 9.17) is 11.6 Å². The third kappa shape index (κ3) is 2.20. The molecule has 0 amide bonds. The molecule has 2 N–H and O–H groups in total. The van der Waals surface area contributed by atoms with Gasteiger partial charge in [0, 0.05) is 16.6 Å². The fraction of sp³-hybridized carbons (Fsp3) is 0.188. The molecule has 0 saturated carbocycles. The topological polar surface area (TPSA) is 83.5 Å². The Balaban J connectivity index is 2.26. The summed E-state index contributed by atoms with van der Waals surface area (Å²) in [6.45, 7) is 3.91. The van der Waals surface area contributed by atoms with Crippen molar-refractivity contribution in [1.29, 1.82) is 0 Å². The van der Waals surface area contributed by atoms with Crippen molar-refractivity contribution in [3.63, 3.8) is 0 Å². The summed E-state index contributed by atoms with van der Waals surface area (Å²) in [6.07, 6.45) is 0. The van der Waals surface area contributed by atoms with E-state index in [-0.39, 0.29) is 16.5 Å². The minimum atomic E-state index is -0.232. The second-order valence-electron chi connectivity index (χ2n) is 5.79. The molecule has 6 nitrogen and oxygen atoms in total. The molecule has 8 heteroatoms.